The van der Waals surface area contributed by atoms with Crippen molar-refractivity contribution < 1.29 is 0 Å². The molecule has 0 spiro atoms. The Morgan fingerprint density at radius 1 is 1.31 bits per heavy atom. The Kier molecular flexibility index (Phi) is 4.00. The van der Waals surface area contributed by atoms with Crippen molar-refractivity contribution in [1.82, 2.24) is 4.98 Å². The monoisotopic (exact) mass is 360 g/mol. The highest BCUT2D eigenvalue weighted by Gasteiger charge is 2.03. The number of hydrogen-bond acceptors (Lipinski definition) is 3. The Morgan fingerprint density at radius 2 is 2.12 bits per heavy atom. The Balaban J connectivity index is 2.02. The van der Waals surface area contributed by atoms with E-state index >= 15 is 0 Å². The first-order valence-corrected chi connectivity index (χ1v) is 7.14. The molecule has 0 fully saturated rings. The van der Waals surface area contributed by atoms with E-state index in [0.29, 0.717) is 0 Å². The summed E-state index contributed by atoms with van der Waals surface area (Å²) in [6.45, 7) is 2.86. The summed E-state index contributed by atoms with van der Waals surface area (Å²) in [6.07, 6.45) is 3.69. The number of halogens is 2. The van der Waals surface area contributed by atoms with Crippen LogP contribution in [0.1, 0.15) is 10.4 Å². The molecule has 0 saturated heterocycles. The van der Waals surface area contributed by atoms with Crippen LogP contribution in [0.2, 0.25) is 0 Å². The number of nitrogens with zero attached hydrogens (tertiary/aromatic N) is 1. The van der Waals surface area contributed by atoms with Gasteiger partial charge in [0.15, 0.2) is 0 Å². The third-order valence-corrected chi connectivity index (χ3v) is 5.29. The molecule has 2 aromatic rings. The van der Waals surface area contributed by atoms with Gasteiger partial charge in [0.25, 0.3) is 0 Å². The molecule has 0 saturated carbocycles. The number of aryl methyl sites for hydroxylation is 1. The van der Waals surface area contributed by atoms with Crippen LogP contribution in [0.3, 0.4) is 0 Å². The first-order valence-electron chi connectivity index (χ1n) is 4.74. The van der Waals surface area contributed by atoms with Gasteiger partial charge in [0, 0.05) is 28.3 Å². The van der Waals surface area contributed by atoms with Crippen LogP contribution in [0.15, 0.2) is 32.8 Å². The number of pyridine rings is 1. The Hall–Kier alpha value is -0.390. The fraction of sp³-hybridized carbons (Fsp3) is 0.182. The fourth-order valence-electron chi connectivity index (χ4n) is 1.32. The van der Waals surface area contributed by atoms with Crippen molar-refractivity contribution in [2.75, 3.05) is 5.32 Å². The van der Waals surface area contributed by atoms with E-state index in [9.17, 15) is 0 Å². The average molecular weight is 362 g/mol. The van der Waals surface area contributed by atoms with Crippen molar-refractivity contribution in [2.45, 2.75) is 13.5 Å². The summed E-state index contributed by atoms with van der Waals surface area (Å²) in [4.78, 5) is 5.42. The minimum Gasteiger partial charge on any atom is -0.379 e. The zero-order valence-electron chi connectivity index (χ0n) is 8.63. The molecule has 0 atom stereocenters. The van der Waals surface area contributed by atoms with E-state index in [4.69, 9.17) is 0 Å². The molecule has 84 valence electrons. The highest BCUT2D eigenvalue weighted by atomic mass is 79.9. The summed E-state index contributed by atoms with van der Waals surface area (Å²) in [5, 5.41) is 3.35. The van der Waals surface area contributed by atoms with Crippen LogP contribution in [0.25, 0.3) is 0 Å². The SMILES string of the molecule is Cc1cncc(NCc2cc(Br)c(Br)s2)c1. The van der Waals surface area contributed by atoms with Crippen molar-refractivity contribution in [3.63, 3.8) is 0 Å². The van der Waals surface area contributed by atoms with Gasteiger partial charge < -0.3 is 5.32 Å². The van der Waals surface area contributed by atoms with E-state index in [1.807, 2.05) is 19.3 Å². The van der Waals surface area contributed by atoms with Crippen molar-refractivity contribution in [1.29, 1.82) is 0 Å². The standard InChI is InChI=1S/C11H10Br2N2S/c1-7-2-8(5-14-4-7)15-6-9-3-10(12)11(13)16-9/h2-5,15H,6H2,1H3. The van der Waals surface area contributed by atoms with Crippen molar-refractivity contribution in [3.05, 3.63) is 43.2 Å². The fourth-order valence-corrected chi connectivity index (χ4v) is 3.44. The van der Waals surface area contributed by atoms with Crippen LogP contribution in [0.5, 0.6) is 0 Å². The predicted octanol–water partition coefficient (Wildman–Crippen LogP) is 4.59. The highest BCUT2D eigenvalue weighted by Crippen LogP contribution is 2.32. The molecule has 0 aliphatic rings. The number of aromatic nitrogens is 1. The van der Waals surface area contributed by atoms with Crippen LogP contribution in [-0.2, 0) is 6.54 Å². The number of rotatable bonds is 3. The molecule has 2 rings (SSSR count). The molecule has 0 radical (unpaired) electrons. The maximum absolute atomic E-state index is 4.14. The van der Waals surface area contributed by atoms with Gasteiger partial charge in [-0.1, -0.05) is 0 Å². The molecular weight excluding hydrogens is 352 g/mol. The summed E-state index contributed by atoms with van der Waals surface area (Å²) in [5.41, 5.74) is 2.22. The van der Waals surface area contributed by atoms with Crippen LogP contribution < -0.4 is 5.32 Å². The Bertz CT molecular complexity index is 477. The lowest BCUT2D eigenvalue weighted by Gasteiger charge is -2.04. The van der Waals surface area contributed by atoms with Gasteiger partial charge >= 0.3 is 0 Å². The number of thiophene rings is 1. The molecule has 16 heavy (non-hydrogen) atoms. The van der Waals surface area contributed by atoms with Gasteiger partial charge in [0.05, 0.1) is 9.47 Å². The molecule has 0 unspecified atom stereocenters. The molecule has 0 aliphatic heterocycles. The van der Waals surface area contributed by atoms with E-state index in [1.54, 1.807) is 11.3 Å². The Morgan fingerprint density at radius 3 is 2.75 bits per heavy atom. The number of anilines is 1. The average Bonchev–Trinajstić information content (AvgIpc) is 2.56. The van der Waals surface area contributed by atoms with Gasteiger partial charge in [0.1, 0.15) is 0 Å². The first-order chi connectivity index (χ1) is 7.65. The van der Waals surface area contributed by atoms with Crippen LogP contribution in [0.4, 0.5) is 5.69 Å². The molecule has 0 amide bonds. The maximum atomic E-state index is 4.14. The lowest BCUT2D eigenvalue weighted by molar-refractivity contribution is 1.16. The minimum absolute atomic E-state index is 0.819. The smallest absolute Gasteiger partial charge is 0.0843 e. The molecule has 2 heterocycles. The molecule has 5 heteroatoms. The van der Waals surface area contributed by atoms with E-state index in [0.717, 1.165) is 20.5 Å². The van der Waals surface area contributed by atoms with Gasteiger partial charge in [-0.2, -0.15) is 0 Å². The molecule has 2 nitrogen and oxygen atoms in total. The van der Waals surface area contributed by atoms with Crippen LogP contribution in [0, 0.1) is 6.92 Å². The number of nitrogens with one attached hydrogen (secondary N) is 1. The lowest BCUT2D eigenvalue weighted by atomic mass is 10.3. The molecule has 2 aromatic heterocycles. The second-order valence-electron chi connectivity index (χ2n) is 3.44. The summed E-state index contributed by atoms with van der Waals surface area (Å²) in [7, 11) is 0. The second-order valence-corrected chi connectivity index (χ2v) is 6.75. The van der Waals surface area contributed by atoms with Crippen molar-refractivity contribution in [3.8, 4) is 0 Å². The Labute approximate surface area is 115 Å². The summed E-state index contributed by atoms with van der Waals surface area (Å²) in [6, 6.07) is 4.20. The normalized spacial score (nSPS) is 10.4. The molecular formula is C11H10Br2N2S. The third kappa shape index (κ3) is 3.06. The predicted molar refractivity (Wildman–Crippen MR) is 76.0 cm³/mol. The van der Waals surface area contributed by atoms with Gasteiger partial charge in [-0.05, 0) is 56.5 Å². The van der Waals surface area contributed by atoms with Gasteiger partial charge in [-0.15, -0.1) is 11.3 Å². The zero-order valence-corrected chi connectivity index (χ0v) is 12.6. The van der Waals surface area contributed by atoms with E-state index in [1.165, 1.54) is 10.4 Å². The number of hydrogen-bond donors (Lipinski definition) is 1. The summed E-state index contributed by atoms with van der Waals surface area (Å²) >= 11 is 8.69. The van der Waals surface area contributed by atoms with Gasteiger partial charge in [-0.3, -0.25) is 4.98 Å². The molecule has 1 N–H and O–H groups in total. The van der Waals surface area contributed by atoms with Gasteiger partial charge in [0.2, 0.25) is 0 Å². The maximum Gasteiger partial charge on any atom is 0.0843 e. The first kappa shape index (κ1) is 12.1. The van der Waals surface area contributed by atoms with Crippen molar-refractivity contribution in [2.24, 2.45) is 0 Å². The largest absolute Gasteiger partial charge is 0.379 e. The molecule has 0 aliphatic carbocycles. The van der Waals surface area contributed by atoms with E-state index in [2.05, 4.69) is 54.3 Å². The van der Waals surface area contributed by atoms with Gasteiger partial charge in [-0.25, -0.2) is 0 Å². The quantitative estimate of drug-likeness (QED) is 0.864. The topological polar surface area (TPSA) is 24.9 Å². The zero-order chi connectivity index (χ0) is 11.5. The van der Waals surface area contributed by atoms with Crippen LogP contribution >= 0.6 is 43.2 Å². The van der Waals surface area contributed by atoms with Crippen LogP contribution in [-0.4, -0.2) is 4.98 Å². The minimum atomic E-state index is 0.819. The summed E-state index contributed by atoms with van der Waals surface area (Å²) in [5.74, 6) is 0. The van der Waals surface area contributed by atoms with E-state index < -0.39 is 0 Å². The third-order valence-electron chi connectivity index (χ3n) is 2.04. The highest BCUT2D eigenvalue weighted by molar-refractivity contribution is 9.13. The van der Waals surface area contributed by atoms with E-state index in [-0.39, 0.29) is 0 Å². The second kappa shape index (κ2) is 5.29. The summed E-state index contributed by atoms with van der Waals surface area (Å²) < 4.78 is 2.24. The van der Waals surface area contributed by atoms with Crippen molar-refractivity contribution >= 4 is 48.9 Å². The molecule has 0 bridgehead atoms. The lowest BCUT2D eigenvalue weighted by Crippen LogP contribution is -1.97. The molecule has 0 aromatic carbocycles.